The van der Waals surface area contributed by atoms with Crippen LogP contribution < -0.4 is 5.73 Å². The highest BCUT2D eigenvalue weighted by Crippen LogP contribution is 2.32. The van der Waals surface area contributed by atoms with Gasteiger partial charge in [0, 0.05) is 26.1 Å². The van der Waals surface area contributed by atoms with Gasteiger partial charge in [-0.1, -0.05) is 20.8 Å². The summed E-state index contributed by atoms with van der Waals surface area (Å²) in [5.74, 6) is 0.771. The van der Waals surface area contributed by atoms with Gasteiger partial charge in [0.25, 0.3) is 0 Å². The molecule has 21 heavy (non-hydrogen) atoms. The van der Waals surface area contributed by atoms with Crippen molar-refractivity contribution in [3.8, 4) is 0 Å². The van der Waals surface area contributed by atoms with Crippen molar-refractivity contribution in [3.05, 3.63) is 0 Å². The van der Waals surface area contributed by atoms with Crippen LogP contribution >= 0.6 is 0 Å². The van der Waals surface area contributed by atoms with Crippen molar-refractivity contribution >= 4 is 5.91 Å². The summed E-state index contributed by atoms with van der Waals surface area (Å²) in [6.07, 6.45) is 5.01. The zero-order chi connectivity index (χ0) is 15.9. The standard InChI is InChI=1S/C17H34N2O2/c1-5-19(13-15-7-6-12-21-15)16(20)9-8-14(10-11-18)17(2,3)4/h14-15H,5-13,18H2,1-4H3. The highest BCUT2D eigenvalue weighted by atomic mass is 16.5. The molecule has 1 amide bonds. The van der Waals surface area contributed by atoms with Crippen molar-refractivity contribution in [3.63, 3.8) is 0 Å². The van der Waals surface area contributed by atoms with Crippen molar-refractivity contribution in [1.82, 2.24) is 4.90 Å². The van der Waals surface area contributed by atoms with Crippen LogP contribution in [-0.2, 0) is 9.53 Å². The number of carbonyl (C=O) groups is 1. The van der Waals surface area contributed by atoms with Crippen LogP contribution in [0.15, 0.2) is 0 Å². The molecule has 0 bridgehead atoms. The fraction of sp³-hybridized carbons (Fsp3) is 0.941. The predicted octanol–water partition coefficient (Wildman–Crippen LogP) is 2.81. The molecule has 0 saturated carbocycles. The van der Waals surface area contributed by atoms with Crippen LogP contribution in [-0.4, -0.2) is 43.2 Å². The van der Waals surface area contributed by atoms with E-state index in [1.807, 2.05) is 11.8 Å². The quantitative estimate of drug-likeness (QED) is 0.749. The molecular formula is C17H34N2O2. The lowest BCUT2D eigenvalue weighted by molar-refractivity contribution is -0.133. The molecule has 0 aromatic rings. The monoisotopic (exact) mass is 298 g/mol. The number of ether oxygens (including phenoxy) is 1. The van der Waals surface area contributed by atoms with Crippen molar-refractivity contribution in [2.75, 3.05) is 26.2 Å². The summed E-state index contributed by atoms with van der Waals surface area (Å²) < 4.78 is 5.64. The molecule has 1 fully saturated rings. The Morgan fingerprint density at radius 1 is 1.38 bits per heavy atom. The summed E-state index contributed by atoms with van der Waals surface area (Å²) >= 11 is 0. The SMILES string of the molecule is CCN(CC1CCCO1)C(=O)CCC(CCN)C(C)(C)C. The molecule has 2 N–H and O–H groups in total. The van der Waals surface area contributed by atoms with Crippen molar-refractivity contribution in [2.24, 2.45) is 17.1 Å². The van der Waals surface area contributed by atoms with E-state index in [9.17, 15) is 4.79 Å². The fourth-order valence-electron chi connectivity index (χ4n) is 3.11. The van der Waals surface area contributed by atoms with E-state index in [1.54, 1.807) is 0 Å². The first-order valence-electron chi connectivity index (χ1n) is 8.48. The Kier molecular flexibility index (Phi) is 7.67. The normalized spacial score (nSPS) is 20.5. The molecular weight excluding hydrogens is 264 g/mol. The molecule has 0 radical (unpaired) electrons. The number of nitrogens with zero attached hydrogens (tertiary/aromatic N) is 1. The third kappa shape index (κ3) is 6.35. The smallest absolute Gasteiger partial charge is 0.222 e. The first-order valence-corrected chi connectivity index (χ1v) is 8.48. The topological polar surface area (TPSA) is 55.6 Å². The number of hydrogen-bond donors (Lipinski definition) is 1. The van der Waals surface area contributed by atoms with Crippen LogP contribution in [0.25, 0.3) is 0 Å². The second kappa shape index (κ2) is 8.74. The fourth-order valence-corrected chi connectivity index (χ4v) is 3.11. The number of hydrogen-bond acceptors (Lipinski definition) is 3. The van der Waals surface area contributed by atoms with Crippen molar-refractivity contribution in [2.45, 2.75) is 65.9 Å². The van der Waals surface area contributed by atoms with Crippen LogP contribution in [0.5, 0.6) is 0 Å². The van der Waals surface area contributed by atoms with E-state index in [-0.39, 0.29) is 17.4 Å². The van der Waals surface area contributed by atoms with E-state index in [2.05, 4.69) is 20.8 Å². The van der Waals surface area contributed by atoms with Gasteiger partial charge in [0.05, 0.1) is 6.10 Å². The van der Waals surface area contributed by atoms with E-state index in [4.69, 9.17) is 10.5 Å². The minimum atomic E-state index is 0.214. The summed E-state index contributed by atoms with van der Waals surface area (Å²) in [4.78, 5) is 14.4. The van der Waals surface area contributed by atoms with E-state index >= 15 is 0 Å². The Bertz CT molecular complexity index is 306. The third-order valence-electron chi connectivity index (χ3n) is 4.63. The molecule has 2 atom stereocenters. The third-order valence-corrected chi connectivity index (χ3v) is 4.63. The van der Waals surface area contributed by atoms with Gasteiger partial charge in [-0.15, -0.1) is 0 Å². The Balaban J connectivity index is 2.44. The first-order chi connectivity index (χ1) is 9.88. The summed E-state index contributed by atoms with van der Waals surface area (Å²) in [5, 5.41) is 0. The van der Waals surface area contributed by atoms with E-state index in [0.29, 0.717) is 18.9 Å². The maximum absolute atomic E-state index is 12.4. The van der Waals surface area contributed by atoms with Gasteiger partial charge in [0.2, 0.25) is 5.91 Å². The Labute approximate surface area is 130 Å². The molecule has 1 aliphatic heterocycles. The Hall–Kier alpha value is -0.610. The zero-order valence-electron chi connectivity index (χ0n) is 14.4. The largest absolute Gasteiger partial charge is 0.376 e. The van der Waals surface area contributed by atoms with Gasteiger partial charge in [0.1, 0.15) is 0 Å². The van der Waals surface area contributed by atoms with E-state index in [0.717, 1.165) is 45.4 Å². The molecule has 0 aromatic carbocycles. The van der Waals surface area contributed by atoms with E-state index < -0.39 is 0 Å². The average Bonchev–Trinajstić information content (AvgIpc) is 2.92. The molecule has 0 aliphatic carbocycles. The van der Waals surface area contributed by atoms with Crippen LogP contribution in [0.1, 0.15) is 59.8 Å². The van der Waals surface area contributed by atoms with Gasteiger partial charge in [-0.2, -0.15) is 0 Å². The van der Waals surface area contributed by atoms with Gasteiger partial charge in [0.15, 0.2) is 0 Å². The Morgan fingerprint density at radius 3 is 2.57 bits per heavy atom. The van der Waals surface area contributed by atoms with Crippen molar-refractivity contribution < 1.29 is 9.53 Å². The van der Waals surface area contributed by atoms with Gasteiger partial charge in [-0.25, -0.2) is 0 Å². The van der Waals surface area contributed by atoms with Crippen LogP contribution in [0.3, 0.4) is 0 Å². The van der Waals surface area contributed by atoms with Gasteiger partial charge >= 0.3 is 0 Å². The van der Waals surface area contributed by atoms with E-state index in [1.165, 1.54) is 0 Å². The minimum Gasteiger partial charge on any atom is -0.376 e. The molecule has 1 heterocycles. The zero-order valence-corrected chi connectivity index (χ0v) is 14.4. The maximum atomic E-state index is 12.4. The molecule has 124 valence electrons. The highest BCUT2D eigenvalue weighted by Gasteiger charge is 2.26. The molecule has 2 unspecified atom stereocenters. The highest BCUT2D eigenvalue weighted by molar-refractivity contribution is 5.76. The predicted molar refractivity (Wildman–Crippen MR) is 87.1 cm³/mol. The summed E-state index contributed by atoms with van der Waals surface area (Å²) in [5.41, 5.74) is 5.93. The van der Waals surface area contributed by atoms with Gasteiger partial charge in [-0.05, 0) is 50.5 Å². The second-order valence-electron chi connectivity index (χ2n) is 7.25. The lowest BCUT2D eigenvalue weighted by atomic mass is 9.76. The summed E-state index contributed by atoms with van der Waals surface area (Å²) in [6, 6.07) is 0. The maximum Gasteiger partial charge on any atom is 0.222 e. The number of likely N-dealkylation sites (N-methyl/N-ethyl adjacent to an activating group) is 1. The summed E-state index contributed by atoms with van der Waals surface area (Å²) in [6.45, 7) is 11.8. The van der Waals surface area contributed by atoms with Crippen LogP contribution in [0.4, 0.5) is 0 Å². The summed E-state index contributed by atoms with van der Waals surface area (Å²) in [7, 11) is 0. The number of amides is 1. The minimum absolute atomic E-state index is 0.214. The second-order valence-corrected chi connectivity index (χ2v) is 7.25. The number of carbonyl (C=O) groups excluding carboxylic acids is 1. The molecule has 0 aromatic heterocycles. The van der Waals surface area contributed by atoms with Crippen LogP contribution in [0, 0.1) is 11.3 Å². The lowest BCUT2D eigenvalue weighted by Crippen LogP contribution is -2.37. The first kappa shape index (κ1) is 18.4. The molecule has 1 aliphatic rings. The molecule has 4 nitrogen and oxygen atoms in total. The molecule has 1 saturated heterocycles. The molecule has 1 rings (SSSR count). The van der Waals surface area contributed by atoms with Crippen molar-refractivity contribution in [1.29, 1.82) is 0 Å². The lowest BCUT2D eigenvalue weighted by Gasteiger charge is -2.31. The number of nitrogens with two attached hydrogens (primary N) is 1. The molecule has 0 spiro atoms. The molecule has 4 heteroatoms. The van der Waals surface area contributed by atoms with Gasteiger partial charge < -0.3 is 15.4 Å². The van der Waals surface area contributed by atoms with Crippen LogP contribution in [0.2, 0.25) is 0 Å². The Morgan fingerprint density at radius 2 is 2.10 bits per heavy atom. The van der Waals surface area contributed by atoms with Gasteiger partial charge in [-0.3, -0.25) is 4.79 Å². The average molecular weight is 298 g/mol. The number of rotatable bonds is 8.